The average Bonchev–Trinajstić information content (AvgIpc) is 2.88. The SMILES string of the molecule is COc1ncc(NC(=O)c2cn(C)nc2OC)c(N(C)C)n1. The first-order valence-corrected chi connectivity index (χ1v) is 6.43. The van der Waals surface area contributed by atoms with Crippen LogP contribution in [-0.2, 0) is 7.05 Å². The summed E-state index contributed by atoms with van der Waals surface area (Å²) in [6.07, 6.45) is 3.07. The standard InChI is InChI=1S/C13H18N6O3/c1-18(2)10-9(6-14-13(16-10)22-5)15-11(20)8-7-19(3)17-12(8)21-4/h6-7H,1-5H3,(H,15,20). The Morgan fingerprint density at radius 3 is 2.64 bits per heavy atom. The monoisotopic (exact) mass is 306 g/mol. The zero-order valence-electron chi connectivity index (χ0n) is 13.1. The van der Waals surface area contributed by atoms with Crippen LogP contribution in [-0.4, -0.2) is 54.0 Å². The van der Waals surface area contributed by atoms with Crippen molar-refractivity contribution in [3.8, 4) is 11.9 Å². The molecular weight excluding hydrogens is 288 g/mol. The molecule has 0 aliphatic rings. The molecule has 0 aliphatic heterocycles. The number of amides is 1. The molecule has 0 fully saturated rings. The second kappa shape index (κ2) is 6.29. The molecule has 1 N–H and O–H groups in total. The number of methoxy groups -OCH3 is 2. The number of ether oxygens (including phenoxy) is 2. The second-order valence-corrected chi connectivity index (χ2v) is 4.67. The summed E-state index contributed by atoms with van der Waals surface area (Å²) in [6, 6.07) is 0.223. The summed E-state index contributed by atoms with van der Waals surface area (Å²) in [5, 5.41) is 6.80. The normalized spacial score (nSPS) is 10.2. The number of hydrogen-bond acceptors (Lipinski definition) is 7. The van der Waals surface area contributed by atoms with Gasteiger partial charge in [-0.15, -0.1) is 5.10 Å². The predicted octanol–water partition coefficient (Wildman–Crippen LogP) is 0.546. The van der Waals surface area contributed by atoms with Crippen molar-refractivity contribution in [3.05, 3.63) is 18.0 Å². The maximum Gasteiger partial charge on any atom is 0.318 e. The van der Waals surface area contributed by atoms with Crippen molar-refractivity contribution in [3.63, 3.8) is 0 Å². The molecule has 0 aliphatic carbocycles. The number of aryl methyl sites for hydroxylation is 1. The van der Waals surface area contributed by atoms with Gasteiger partial charge in [-0.3, -0.25) is 9.48 Å². The van der Waals surface area contributed by atoms with Crippen molar-refractivity contribution in [1.29, 1.82) is 0 Å². The molecule has 2 aromatic heterocycles. The molecule has 2 heterocycles. The topological polar surface area (TPSA) is 94.4 Å². The molecule has 9 nitrogen and oxygen atoms in total. The Balaban J connectivity index is 2.31. The molecule has 1 amide bonds. The van der Waals surface area contributed by atoms with Crippen molar-refractivity contribution in [2.24, 2.45) is 7.05 Å². The smallest absolute Gasteiger partial charge is 0.318 e. The van der Waals surface area contributed by atoms with E-state index in [9.17, 15) is 4.79 Å². The van der Waals surface area contributed by atoms with Crippen molar-refractivity contribution in [1.82, 2.24) is 19.7 Å². The fourth-order valence-corrected chi connectivity index (χ4v) is 1.85. The van der Waals surface area contributed by atoms with Crippen LogP contribution in [0.5, 0.6) is 11.9 Å². The van der Waals surface area contributed by atoms with Crippen LogP contribution in [0.2, 0.25) is 0 Å². The van der Waals surface area contributed by atoms with E-state index in [0.29, 0.717) is 17.1 Å². The third-order valence-corrected chi connectivity index (χ3v) is 2.83. The summed E-state index contributed by atoms with van der Waals surface area (Å²) >= 11 is 0. The molecule has 22 heavy (non-hydrogen) atoms. The van der Waals surface area contributed by atoms with Gasteiger partial charge >= 0.3 is 6.01 Å². The Morgan fingerprint density at radius 1 is 1.32 bits per heavy atom. The van der Waals surface area contributed by atoms with Crippen LogP contribution < -0.4 is 19.7 Å². The van der Waals surface area contributed by atoms with Gasteiger partial charge in [-0.2, -0.15) is 4.98 Å². The Bertz CT molecular complexity index is 682. The first-order chi connectivity index (χ1) is 10.5. The Hall–Kier alpha value is -2.84. The van der Waals surface area contributed by atoms with Crippen molar-refractivity contribution < 1.29 is 14.3 Å². The highest BCUT2D eigenvalue weighted by Crippen LogP contribution is 2.24. The number of aromatic nitrogens is 4. The highest BCUT2D eigenvalue weighted by atomic mass is 16.5. The molecule has 0 saturated carbocycles. The van der Waals surface area contributed by atoms with Gasteiger partial charge in [0.25, 0.3) is 5.91 Å². The fraction of sp³-hybridized carbons (Fsp3) is 0.385. The number of carbonyl (C=O) groups is 1. The minimum atomic E-state index is -0.359. The van der Waals surface area contributed by atoms with E-state index in [-0.39, 0.29) is 17.8 Å². The van der Waals surface area contributed by atoms with Gasteiger partial charge in [0.05, 0.1) is 20.4 Å². The lowest BCUT2D eigenvalue weighted by atomic mass is 10.3. The number of rotatable bonds is 5. The Labute approximate surface area is 127 Å². The van der Waals surface area contributed by atoms with Gasteiger partial charge in [-0.25, -0.2) is 4.98 Å². The quantitative estimate of drug-likeness (QED) is 0.861. The summed E-state index contributed by atoms with van der Waals surface area (Å²) in [7, 11) is 8.26. The van der Waals surface area contributed by atoms with E-state index in [4.69, 9.17) is 9.47 Å². The molecule has 0 saturated heterocycles. The highest BCUT2D eigenvalue weighted by Gasteiger charge is 2.19. The summed E-state index contributed by atoms with van der Waals surface area (Å²) < 4.78 is 11.6. The molecule has 2 rings (SSSR count). The summed E-state index contributed by atoms with van der Waals surface area (Å²) in [5.74, 6) is 0.422. The largest absolute Gasteiger partial charge is 0.479 e. The van der Waals surface area contributed by atoms with E-state index in [1.807, 2.05) is 14.1 Å². The zero-order valence-corrected chi connectivity index (χ0v) is 13.1. The van der Waals surface area contributed by atoms with Gasteiger partial charge in [0, 0.05) is 27.3 Å². The molecule has 2 aromatic rings. The molecule has 0 radical (unpaired) electrons. The van der Waals surface area contributed by atoms with E-state index in [1.54, 1.807) is 18.1 Å². The second-order valence-electron chi connectivity index (χ2n) is 4.67. The number of hydrogen-bond donors (Lipinski definition) is 1. The molecule has 0 atom stereocenters. The summed E-state index contributed by atoms with van der Waals surface area (Å²) in [4.78, 5) is 22.4. The summed E-state index contributed by atoms with van der Waals surface area (Å²) in [6.45, 7) is 0. The number of nitrogens with one attached hydrogen (secondary N) is 1. The van der Waals surface area contributed by atoms with Gasteiger partial charge in [-0.1, -0.05) is 0 Å². The highest BCUT2D eigenvalue weighted by molar-refractivity contribution is 6.06. The minimum Gasteiger partial charge on any atom is -0.479 e. The fourth-order valence-electron chi connectivity index (χ4n) is 1.85. The van der Waals surface area contributed by atoms with E-state index in [1.165, 1.54) is 25.1 Å². The molecule has 0 bridgehead atoms. The third-order valence-electron chi connectivity index (χ3n) is 2.83. The maximum absolute atomic E-state index is 12.4. The number of nitrogens with zero attached hydrogens (tertiary/aromatic N) is 5. The van der Waals surface area contributed by atoms with Gasteiger partial charge < -0.3 is 19.7 Å². The van der Waals surface area contributed by atoms with Gasteiger partial charge in [0.1, 0.15) is 11.3 Å². The van der Waals surface area contributed by atoms with E-state index >= 15 is 0 Å². The van der Waals surface area contributed by atoms with Crippen LogP contribution in [0.1, 0.15) is 10.4 Å². The van der Waals surface area contributed by atoms with Crippen LogP contribution in [0.4, 0.5) is 11.5 Å². The van der Waals surface area contributed by atoms with Crippen LogP contribution in [0.15, 0.2) is 12.4 Å². The van der Waals surface area contributed by atoms with Crippen LogP contribution >= 0.6 is 0 Å². The van der Waals surface area contributed by atoms with E-state index in [2.05, 4.69) is 20.4 Å². The van der Waals surface area contributed by atoms with Crippen LogP contribution in [0, 0.1) is 0 Å². The Morgan fingerprint density at radius 2 is 2.05 bits per heavy atom. The molecule has 0 spiro atoms. The third kappa shape index (κ3) is 3.08. The molecule has 118 valence electrons. The lowest BCUT2D eigenvalue weighted by Gasteiger charge is -2.16. The number of anilines is 2. The molecule has 0 aromatic carbocycles. The van der Waals surface area contributed by atoms with Gasteiger partial charge in [-0.05, 0) is 0 Å². The van der Waals surface area contributed by atoms with Crippen LogP contribution in [0.3, 0.4) is 0 Å². The molecular formula is C13H18N6O3. The van der Waals surface area contributed by atoms with E-state index in [0.717, 1.165) is 0 Å². The first kappa shape index (κ1) is 15.5. The lowest BCUT2D eigenvalue weighted by Crippen LogP contribution is -2.18. The zero-order chi connectivity index (χ0) is 16.3. The average molecular weight is 306 g/mol. The number of carbonyl (C=O) groups excluding carboxylic acids is 1. The predicted molar refractivity (Wildman–Crippen MR) is 80.6 cm³/mol. The van der Waals surface area contributed by atoms with Crippen molar-refractivity contribution in [2.45, 2.75) is 0 Å². The van der Waals surface area contributed by atoms with Crippen molar-refractivity contribution >= 4 is 17.4 Å². The molecule has 0 unspecified atom stereocenters. The molecule has 9 heteroatoms. The van der Waals surface area contributed by atoms with Gasteiger partial charge in [0.2, 0.25) is 5.88 Å². The lowest BCUT2D eigenvalue weighted by molar-refractivity contribution is 0.102. The Kier molecular flexibility index (Phi) is 4.44. The van der Waals surface area contributed by atoms with Crippen LogP contribution in [0.25, 0.3) is 0 Å². The van der Waals surface area contributed by atoms with Crippen molar-refractivity contribution in [2.75, 3.05) is 38.5 Å². The maximum atomic E-state index is 12.4. The van der Waals surface area contributed by atoms with E-state index < -0.39 is 0 Å². The summed E-state index contributed by atoms with van der Waals surface area (Å²) in [5.41, 5.74) is 0.784. The minimum absolute atomic E-state index is 0.223. The first-order valence-electron chi connectivity index (χ1n) is 6.43. The van der Waals surface area contributed by atoms with Gasteiger partial charge in [0.15, 0.2) is 5.82 Å².